The summed E-state index contributed by atoms with van der Waals surface area (Å²) in [5.41, 5.74) is 8.47. The third kappa shape index (κ3) is 4.19. The summed E-state index contributed by atoms with van der Waals surface area (Å²) >= 11 is 0. The zero-order valence-corrected chi connectivity index (χ0v) is 15.6. The fraction of sp³-hybridized carbons (Fsp3) is 0.714. The highest BCUT2D eigenvalue weighted by Crippen LogP contribution is 2.35. The van der Waals surface area contributed by atoms with E-state index in [0.29, 0.717) is 5.41 Å². The lowest BCUT2D eigenvalue weighted by Crippen LogP contribution is -2.62. The third-order valence-corrected chi connectivity index (χ3v) is 6.27. The Labute approximate surface area is 148 Å². The Hall–Kier alpha value is -0.900. The van der Waals surface area contributed by atoms with Crippen molar-refractivity contribution >= 4 is 0 Å². The van der Waals surface area contributed by atoms with Gasteiger partial charge in [0.1, 0.15) is 0 Å². The van der Waals surface area contributed by atoms with E-state index in [1.807, 2.05) is 0 Å². The van der Waals surface area contributed by atoms with Gasteiger partial charge in [-0.05, 0) is 62.7 Å². The summed E-state index contributed by atoms with van der Waals surface area (Å²) in [5, 5.41) is 0. The summed E-state index contributed by atoms with van der Waals surface area (Å²) in [6, 6.07) is 10.9. The third-order valence-electron chi connectivity index (χ3n) is 6.27. The molecule has 134 valence electrons. The van der Waals surface area contributed by atoms with Crippen LogP contribution in [-0.2, 0) is 6.54 Å². The molecule has 0 saturated carbocycles. The Bertz CT molecular complexity index is 513. The van der Waals surface area contributed by atoms with Gasteiger partial charge in [0.15, 0.2) is 0 Å². The molecule has 1 aromatic rings. The van der Waals surface area contributed by atoms with Crippen molar-refractivity contribution in [2.75, 3.05) is 32.7 Å². The molecule has 0 radical (unpaired) electrons. The normalized spacial score (nSPS) is 29.3. The van der Waals surface area contributed by atoms with Crippen molar-refractivity contribution in [3.05, 3.63) is 35.9 Å². The van der Waals surface area contributed by atoms with Gasteiger partial charge in [-0.1, -0.05) is 44.2 Å². The Morgan fingerprint density at radius 3 is 2.46 bits per heavy atom. The number of benzene rings is 1. The van der Waals surface area contributed by atoms with Crippen molar-refractivity contribution in [1.29, 1.82) is 0 Å². The molecule has 0 amide bonds. The monoisotopic (exact) mass is 329 g/mol. The predicted molar refractivity (Wildman–Crippen MR) is 102 cm³/mol. The predicted octanol–water partition coefficient (Wildman–Crippen LogP) is 3.49. The van der Waals surface area contributed by atoms with E-state index in [9.17, 15) is 0 Å². The minimum absolute atomic E-state index is 0.188. The van der Waals surface area contributed by atoms with Gasteiger partial charge < -0.3 is 5.73 Å². The van der Waals surface area contributed by atoms with Crippen molar-refractivity contribution in [2.24, 2.45) is 11.1 Å². The van der Waals surface area contributed by atoms with Crippen molar-refractivity contribution < 1.29 is 0 Å². The molecular weight excluding hydrogens is 294 g/mol. The van der Waals surface area contributed by atoms with Crippen molar-refractivity contribution in [1.82, 2.24) is 9.80 Å². The average Bonchev–Trinajstić information content (AvgIpc) is 2.77. The van der Waals surface area contributed by atoms with Crippen LogP contribution in [0.3, 0.4) is 0 Å². The summed E-state index contributed by atoms with van der Waals surface area (Å²) in [7, 11) is 0. The zero-order valence-electron chi connectivity index (χ0n) is 15.6. The number of likely N-dealkylation sites (tertiary alicyclic amines) is 2. The lowest BCUT2D eigenvalue weighted by Gasteiger charge is -2.49. The quantitative estimate of drug-likeness (QED) is 0.918. The molecule has 1 unspecified atom stereocenters. The Kier molecular flexibility index (Phi) is 5.63. The second-order valence-corrected chi connectivity index (χ2v) is 8.73. The molecule has 3 heteroatoms. The summed E-state index contributed by atoms with van der Waals surface area (Å²) < 4.78 is 0. The van der Waals surface area contributed by atoms with Crippen LogP contribution in [0.2, 0.25) is 0 Å². The smallest absolute Gasteiger partial charge is 0.0458 e. The van der Waals surface area contributed by atoms with Crippen molar-refractivity contribution in [3.8, 4) is 0 Å². The van der Waals surface area contributed by atoms with Gasteiger partial charge in [0.2, 0.25) is 0 Å². The van der Waals surface area contributed by atoms with Crippen LogP contribution in [0.25, 0.3) is 0 Å². The van der Waals surface area contributed by atoms with Crippen LogP contribution >= 0.6 is 0 Å². The molecule has 2 fully saturated rings. The summed E-state index contributed by atoms with van der Waals surface area (Å²) in [6.07, 6.45) is 6.48. The molecule has 2 saturated heterocycles. The molecule has 0 aliphatic carbocycles. The molecule has 0 aromatic heterocycles. The van der Waals surface area contributed by atoms with Crippen molar-refractivity contribution in [2.45, 2.75) is 58.0 Å². The van der Waals surface area contributed by atoms with Gasteiger partial charge in [0.25, 0.3) is 0 Å². The van der Waals surface area contributed by atoms with E-state index >= 15 is 0 Å². The van der Waals surface area contributed by atoms with Crippen LogP contribution in [0.15, 0.2) is 30.3 Å². The molecule has 3 rings (SSSR count). The van der Waals surface area contributed by atoms with Crippen molar-refractivity contribution in [3.63, 3.8) is 0 Å². The molecule has 2 aliphatic heterocycles. The fourth-order valence-electron chi connectivity index (χ4n) is 4.63. The Balaban J connectivity index is 1.69. The maximum absolute atomic E-state index is 6.37. The molecule has 2 aliphatic rings. The standard InChI is InChI=1S/C21H35N3/c1-20(2)10-6-14-24(15-12-20)21(17-22)11-7-13-23(18-21)16-19-8-4-3-5-9-19/h3-5,8-9H,6-7,10-18,22H2,1-2H3. The summed E-state index contributed by atoms with van der Waals surface area (Å²) in [6.45, 7) is 11.5. The maximum Gasteiger partial charge on any atom is 0.0458 e. The van der Waals surface area contributed by atoms with E-state index in [2.05, 4.69) is 54.0 Å². The number of piperidine rings is 1. The highest BCUT2D eigenvalue weighted by atomic mass is 15.3. The lowest BCUT2D eigenvalue weighted by molar-refractivity contribution is 0.0139. The van der Waals surface area contributed by atoms with Crippen LogP contribution < -0.4 is 5.73 Å². The fourth-order valence-corrected chi connectivity index (χ4v) is 4.63. The Morgan fingerprint density at radius 2 is 1.71 bits per heavy atom. The zero-order chi connectivity index (χ0) is 17.0. The van der Waals surface area contributed by atoms with Gasteiger partial charge in [-0.25, -0.2) is 0 Å². The van der Waals surface area contributed by atoms with Crippen LogP contribution in [0.1, 0.15) is 51.5 Å². The van der Waals surface area contributed by atoms with Crippen LogP contribution in [-0.4, -0.2) is 48.1 Å². The first-order valence-electron chi connectivity index (χ1n) is 9.74. The Morgan fingerprint density at radius 1 is 0.958 bits per heavy atom. The van der Waals surface area contributed by atoms with Gasteiger partial charge in [-0.2, -0.15) is 0 Å². The maximum atomic E-state index is 6.37. The lowest BCUT2D eigenvalue weighted by atomic mass is 9.84. The SMILES string of the molecule is CC1(C)CCCN(C2(CN)CCCN(Cc3ccccc3)C2)CC1. The van der Waals surface area contributed by atoms with Gasteiger partial charge in [-0.3, -0.25) is 9.80 Å². The van der Waals surface area contributed by atoms with E-state index in [4.69, 9.17) is 5.73 Å². The molecule has 24 heavy (non-hydrogen) atoms. The number of rotatable bonds is 4. The molecule has 1 atom stereocenters. The number of nitrogens with zero attached hydrogens (tertiary/aromatic N) is 2. The van der Waals surface area contributed by atoms with Crippen LogP contribution in [0.5, 0.6) is 0 Å². The molecule has 0 bridgehead atoms. The molecule has 0 spiro atoms. The molecule has 2 heterocycles. The molecule has 2 N–H and O–H groups in total. The molecule has 3 nitrogen and oxygen atoms in total. The van der Waals surface area contributed by atoms with Gasteiger partial charge in [-0.15, -0.1) is 0 Å². The van der Waals surface area contributed by atoms with Crippen LogP contribution in [0, 0.1) is 5.41 Å². The number of hydrogen-bond acceptors (Lipinski definition) is 3. The van der Waals surface area contributed by atoms with E-state index < -0.39 is 0 Å². The number of hydrogen-bond donors (Lipinski definition) is 1. The largest absolute Gasteiger partial charge is 0.329 e. The van der Waals surface area contributed by atoms with Gasteiger partial charge >= 0.3 is 0 Å². The summed E-state index contributed by atoms with van der Waals surface area (Å²) in [4.78, 5) is 5.38. The van der Waals surface area contributed by atoms with Gasteiger partial charge in [0, 0.05) is 25.2 Å². The van der Waals surface area contributed by atoms with Crippen LogP contribution in [0.4, 0.5) is 0 Å². The first kappa shape index (κ1) is 17.9. The first-order chi connectivity index (χ1) is 11.5. The van der Waals surface area contributed by atoms with E-state index in [0.717, 1.165) is 19.6 Å². The minimum atomic E-state index is 0.188. The van der Waals surface area contributed by atoms with E-state index in [-0.39, 0.29) is 5.54 Å². The second kappa shape index (κ2) is 7.55. The van der Waals surface area contributed by atoms with Gasteiger partial charge in [0.05, 0.1) is 0 Å². The second-order valence-electron chi connectivity index (χ2n) is 8.73. The molecule has 1 aromatic carbocycles. The minimum Gasteiger partial charge on any atom is -0.329 e. The topological polar surface area (TPSA) is 32.5 Å². The average molecular weight is 330 g/mol. The summed E-state index contributed by atoms with van der Waals surface area (Å²) in [5.74, 6) is 0. The van der Waals surface area contributed by atoms with E-state index in [1.54, 1.807) is 0 Å². The highest BCUT2D eigenvalue weighted by Gasteiger charge is 2.40. The number of nitrogens with two attached hydrogens (primary N) is 1. The van der Waals surface area contributed by atoms with E-state index in [1.165, 1.54) is 57.3 Å². The molecular formula is C21H35N3. The first-order valence-corrected chi connectivity index (χ1v) is 9.74. The highest BCUT2D eigenvalue weighted by molar-refractivity contribution is 5.15.